The normalized spacial score (nSPS) is 12.7. The maximum atomic E-state index is 11.6. The summed E-state index contributed by atoms with van der Waals surface area (Å²) in [5.41, 5.74) is -0.00869. The topological polar surface area (TPSA) is 52.6 Å². The zero-order valence-corrected chi connectivity index (χ0v) is 11.1. The molecule has 1 aromatic carbocycles. The van der Waals surface area contributed by atoms with E-state index in [0.29, 0.717) is 5.56 Å². The Morgan fingerprint density at radius 1 is 1.11 bits per heavy atom. The minimum absolute atomic E-state index is 0.243. The van der Waals surface area contributed by atoms with E-state index in [0.717, 1.165) is 0 Å². The van der Waals surface area contributed by atoms with Crippen molar-refractivity contribution < 1.29 is 19.1 Å². The first-order chi connectivity index (χ1) is 8.29. The van der Waals surface area contributed by atoms with E-state index in [1.54, 1.807) is 45.0 Å². The van der Waals surface area contributed by atoms with Gasteiger partial charge in [-0.25, -0.2) is 4.79 Å². The molecule has 1 aromatic rings. The lowest BCUT2D eigenvalue weighted by molar-refractivity contribution is -0.128. The van der Waals surface area contributed by atoms with E-state index in [1.807, 2.05) is 6.07 Å². The van der Waals surface area contributed by atoms with Gasteiger partial charge in [-0.15, -0.1) is 0 Å². The summed E-state index contributed by atoms with van der Waals surface area (Å²) >= 11 is 0. The lowest BCUT2D eigenvalue weighted by Crippen LogP contribution is -2.27. The van der Waals surface area contributed by atoms with Gasteiger partial charge in [-0.1, -0.05) is 30.3 Å². The van der Waals surface area contributed by atoms with Crippen LogP contribution in [0.5, 0.6) is 0 Å². The monoisotopic (exact) mass is 250 g/mol. The predicted octanol–water partition coefficient (Wildman–Crippen LogP) is 3.27. The zero-order valence-electron chi connectivity index (χ0n) is 11.1. The molecule has 0 aliphatic carbocycles. The molecule has 4 nitrogen and oxygen atoms in total. The van der Waals surface area contributed by atoms with Gasteiger partial charge < -0.3 is 9.47 Å². The standard InChI is InChI=1S/C14H18O4/c1-10(15)12(11-8-6-5-7-9-11)17-13(16)18-14(2,3)4/h5-9,12H,1-4H3/t12-/m1/s1. The number of hydrogen-bond acceptors (Lipinski definition) is 4. The predicted molar refractivity (Wildman–Crippen MR) is 67.2 cm³/mol. The first-order valence-electron chi connectivity index (χ1n) is 5.74. The van der Waals surface area contributed by atoms with Crippen molar-refractivity contribution in [1.29, 1.82) is 0 Å². The number of Topliss-reactive ketones (excluding diaryl/α,β-unsaturated/α-hetero) is 1. The van der Waals surface area contributed by atoms with Crippen molar-refractivity contribution in [3.05, 3.63) is 35.9 Å². The van der Waals surface area contributed by atoms with Crippen LogP contribution >= 0.6 is 0 Å². The third-order valence-electron chi connectivity index (χ3n) is 2.08. The van der Waals surface area contributed by atoms with Crippen LogP contribution in [0.4, 0.5) is 4.79 Å². The number of benzene rings is 1. The Balaban J connectivity index is 2.77. The molecular weight excluding hydrogens is 232 g/mol. The maximum Gasteiger partial charge on any atom is 0.509 e. The highest BCUT2D eigenvalue weighted by atomic mass is 16.7. The molecule has 0 spiro atoms. The van der Waals surface area contributed by atoms with E-state index in [1.165, 1.54) is 6.92 Å². The largest absolute Gasteiger partial charge is 0.509 e. The van der Waals surface area contributed by atoms with Crippen LogP contribution in [0.25, 0.3) is 0 Å². The van der Waals surface area contributed by atoms with Crippen LogP contribution in [-0.2, 0) is 14.3 Å². The van der Waals surface area contributed by atoms with Crippen molar-refractivity contribution in [2.45, 2.75) is 39.4 Å². The molecule has 18 heavy (non-hydrogen) atoms. The molecule has 0 fully saturated rings. The van der Waals surface area contributed by atoms with Crippen LogP contribution in [0.2, 0.25) is 0 Å². The second-order valence-corrected chi connectivity index (χ2v) is 4.98. The van der Waals surface area contributed by atoms with E-state index >= 15 is 0 Å². The fourth-order valence-electron chi connectivity index (χ4n) is 1.38. The first kappa shape index (κ1) is 14.2. The smallest absolute Gasteiger partial charge is 0.429 e. The molecule has 0 unspecified atom stereocenters. The number of ketones is 1. The average Bonchev–Trinajstić information content (AvgIpc) is 2.24. The Kier molecular flexibility index (Phi) is 4.48. The van der Waals surface area contributed by atoms with Crippen molar-refractivity contribution in [2.75, 3.05) is 0 Å². The third-order valence-corrected chi connectivity index (χ3v) is 2.08. The van der Waals surface area contributed by atoms with Gasteiger partial charge in [-0.05, 0) is 27.7 Å². The Morgan fingerprint density at radius 2 is 1.67 bits per heavy atom. The quantitative estimate of drug-likeness (QED) is 0.772. The van der Waals surface area contributed by atoms with Crippen molar-refractivity contribution >= 4 is 11.9 Å². The van der Waals surface area contributed by atoms with Crippen molar-refractivity contribution in [3.8, 4) is 0 Å². The molecule has 0 N–H and O–H groups in total. The number of carbonyl (C=O) groups excluding carboxylic acids is 2. The zero-order chi connectivity index (χ0) is 13.8. The van der Waals surface area contributed by atoms with Crippen molar-refractivity contribution in [1.82, 2.24) is 0 Å². The SMILES string of the molecule is CC(=O)[C@@H](OC(=O)OC(C)(C)C)c1ccccc1. The molecule has 0 aliphatic heterocycles. The summed E-state index contributed by atoms with van der Waals surface area (Å²) in [4.78, 5) is 23.1. The minimum Gasteiger partial charge on any atom is -0.429 e. The highest BCUT2D eigenvalue weighted by Crippen LogP contribution is 2.20. The summed E-state index contributed by atoms with van der Waals surface area (Å²) in [6.45, 7) is 6.58. The van der Waals surface area contributed by atoms with Gasteiger partial charge in [0.05, 0.1) is 0 Å². The number of ether oxygens (including phenoxy) is 2. The summed E-state index contributed by atoms with van der Waals surface area (Å²) < 4.78 is 10.1. The van der Waals surface area contributed by atoms with Crippen LogP contribution < -0.4 is 0 Å². The van der Waals surface area contributed by atoms with E-state index < -0.39 is 17.9 Å². The Labute approximate surface area is 107 Å². The Hall–Kier alpha value is -1.84. The summed E-state index contributed by atoms with van der Waals surface area (Å²) in [5.74, 6) is -0.243. The molecule has 0 aromatic heterocycles. The van der Waals surface area contributed by atoms with Gasteiger partial charge >= 0.3 is 6.16 Å². The van der Waals surface area contributed by atoms with E-state index in [4.69, 9.17) is 9.47 Å². The van der Waals surface area contributed by atoms with E-state index in [9.17, 15) is 9.59 Å². The highest BCUT2D eigenvalue weighted by Gasteiger charge is 2.25. The molecule has 1 rings (SSSR count). The van der Waals surface area contributed by atoms with Gasteiger partial charge in [0, 0.05) is 5.56 Å². The Bertz CT molecular complexity index is 417. The van der Waals surface area contributed by atoms with Gasteiger partial charge in [-0.2, -0.15) is 0 Å². The van der Waals surface area contributed by atoms with E-state index in [-0.39, 0.29) is 5.78 Å². The second kappa shape index (κ2) is 5.67. The molecule has 0 amide bonds. The summed E-state index contributed by atoms with van der Waals surface area (Å²) in [5, 5.41) is 0. The van der Waals surface area contributed by atoms with Gasteiger partial charge in [0.25, 0.3) is 0 Å². The van der Waals surface area contributed by atoms with Crippen LogP contribution in [-0.4, -0.2) is 17.5 Å². The lowest BCUT2D eigenvalue weighted by atomic mass is 10.1. The van der Waals surface area contributed by atoms with Crippen molar-refractivity contribution in [2.24, 2.45) is 0 Å². The summed E-state index contributed by atoms with van der Waals surface area (Å²) in [6.07, 6.45) is -1.76. The molecule has 0 aliphatic rings. The summed E-state index contributed by atoms with van der Waals surface area (Å²) in [6, 6.07) is 8.86. The van der Waals surface area contributed by atoms with Gasteiger partial charge in [0.2, 0.25) is 0 Å². The molecule has 1 atom stereocenters. The van der Waals surface area contributed by atoms with Crippen LogP contribution in [0.1, 0.15) is 39.4 Å². The van der Waals surface area contributed by atoms with E-state index in [2.05, 4.69) is 0 Å². The van der Waals surface area contributed by atoms with Crippen LogP contribution in [0.15, 0.2) is 30.3 Å². The second-order valence-electron chi connectivity index (χ2n) is 4.98. The molecule has 0 saturated carbocycles. The average molecular weight is 250 g/mol. The number of carbonyl (C=O) groups is 2. The highest BCUT2D eigenvalue weighted by molar-refractivity contribution is 5.83. The molecule has 0 bridgehead atoms. The van der Waals surface area contributed by atoms with Gasteiger partial charge in [0.15, 0.2) is 11.9 Å². The molecule has 4 heteroatoms. The first-order valence-corrected chi connectivity index (χ1v) is 5.74. The third kappa shape index (κ3) is 4.57. The molecular formula is C14H18O4. The van der Waals surface area contributed by atoms with Gasteiger partial charge in [-0.3, -0.25) is 4.79 Å². The summed E-state index contributed by atoms with van der Waals surface area (Å²) in [7, 11) is 0. The Morgan fingerprint density at radius 3 is 2.11 bits per heavy atom. The van der Waals surface area contributed by atoms with Crippen LogP contribution in [0.3, 0.4) is 0 Å². The number of rotatable bonds is 3. The minimum atomic E-state index is -0.916. The lowest BCUT2D eigenvalue weighted by Gasteiger charge is -2.21. The fourth-order valence-corrected chi connectivity index (χ4v) is 1.38. The van der Waals surface area contributed by atoms with Gasteiger partial charge in [0.1, 0.15) is 5.60 Å². The molecule has 98 valence electrons. The number of hydrogen-bond donors (Lipinski definition) is 0. The van der Waals surface area contributed by atoms with Crippen LogP contribution in [0, 0.1) is 0 Å². The maximum absolute atomic E-state index is 11.6. The van der Waals surface area contributed by atoms with Crippen molar-refractivity contribution in [3.63, 3.8) is 0 Å². The molecule has 0 saturated heterocycles. The molecule has 0 radical (unpaired) electrons. The molecule has 0 heterocycles. The fraction of sp³-hybridized carbons (Fsp3) is 0.429.